The van der Waals surface area contributed by atoms with Crippen molar-refractivity contribution in [2.75, 3.05) is 18.0 Å². The summed E-state index contributed by atoms with van der Waals surface area (Å²) in [6.45, 7) is 0.988. The van der Waals surface area contributed by atoms with Gasteiger partial charge in [-0.2, -0.15) is 0 Å². The van der Waals surface area contributed by atoms with Crippen molar-refractivity contribution in [2.45, 2.75) is 13.0 Å². The summed E-state index contributed by atoms with van der Waals surface area (Å²) in [5, 5.41) is 12.3. The maximum absolute atomic E-state index is 13.4. The minimum atomic E-state index is -0.878. The molecule has 0 aromatic heterocycles. The molecule has 3 aromatic rings. The number of halogens is 2. The van der Waals surface area contributed by atoms with Gasteiger partial charge in [0.05, 0.1) is 12.1 Å². The number of carbonyl (C=O) groups excluding carboxylic acids is 1. The van der Waals surface area contributed by atoms with E-state index in [4.69, 9.17) is 23.2 Å². The van der Waals surface area contributed by atoms with Gasteiger partial charge in [-0.3, -0.25) is 9.69 Å². The first-order chi connectivity index (χ1) is 14.4. The fourth-order valence-corrected chi connectivity index (χ4v) is 4.43. The number of nitrogens with zero attached hydrogens (tertiary/aromatic N) is 2. The van der Waals surface area contributed by atoms with E-state index in [1.54, 1.807) is 28.0 Å². The lowest BCUT2D eigenvalue weighted by molar-refractivity contribution is -0.138. The van der Waals surface area contributed by atoms with Crippen molar-refractivity contribution >= 4 is 51.7 Å². The summed E-state index contributed by atoms with van der Waals surface area (Å²) >= 11 is 12.3. The molecule has 3 aromatic carbocycles. The minimum Gasteiger partial charge on any atom is -0.481 e. The molecule has 1 unspecified atom stereocenters. The van der Waals surface area contributed by atoms with Crippen LogP contribution in [0.4, 0.5) is 10.5 Å². The van der Waals surface area contributed by atoms with Crippen LogP contribution in [0.1, 0.15) is 12.0 Å². The van der Waals surface area contributed by atoms with Crippen LogP contribution in [-0.4, -0.2) is 35.1 Å². The third-order valence-corrected chi connectivity index (χ3v) is 5.90. The highest BCUT2D eigenvalue weighted by Crippen LogP contribution is 2.32. The van der Waals surface area contributed by atoms with Crippen molar-refractivity contribution in [1.82, 2.24) is 4.90 Å². The Hall–Kier alpha value is -2.76. The van der Waals surface area contributed by atoms with Crippen molar-refractivity contribution in [3.05, 3.63) is 76.3 Å². The maximum Gasteiger partial charge on any atom is 0.324 e. The predicted octanol–water partition coefficient (Wildman–Crippen LogP) is 5.68. The molecule has 7 heteroatoms. The molecule has 0 saturated carbocycles. The zero-order chi connectivity index (χ0) is 21.3. The summed E-state index contributed by atoms with van der Waals surface area (Å²) in [5.74, 6) is -1.08. The molecular formula is C23H20Cl2N2O3. The number of fused-ring (bicyclic) bond motifs is 1. The fraction of sp³-hybridized carbons (Fsp3) is 0.217. The zero-order valence-corrected chi connectivity index (χ0v) is 17.6. The predicted molar refractivity (Wildman–Crippen MR) is 119 cm³/mol. The van der Waals surface area contributed by atoms with Gasteiger partial charge in [0, 0.05) is 41.0 Å². The molecule has 1 heterocycles. The Balaban J connectivity index is 1.70. The first kappa shape index (κ1) is 20.5. The van der Waals surface area contributed by atoms with E-state index in [9.17, 15) is 14.7 Å². The van der Waals surface area contributed by atoms with Crippen molar-refractivity contribution in [1.29, 1.82) is 0 Å². The number of rotatable bonds is 5. The third-order valence-electron chi connectivity index (χ3n) is 5.32. The van der Waals surface area contributed by atoms with Crippen LogP contribution < -0.4 is 4.90 Å². The molecule has 4 rings (SSSR count). The highest BCUT2D eigenvalue weighted by molar-refractivity contribution is 6.35. The normalized spacial score (nSPS) is 16.9. The van der Waals surface area contributed by atoms with Crippen LogP contribution in [0.5, 0.6) is 0 Å². The van der Waals surface area contributed by atoms with Crippen molar-refractivity contribution < 1.29 is 14.7 Å². The quantitative estimate of drug-likeness (QED) is 0.552. The van der Waals surface area contributed by atoms with Crippen molar-refractivity contribution in [3.8, 4) is 0 Å². The van der Waals surface area contributed by atoms with Crippen LogP contribution in [0.2, 0.25) is 10.0 Å². The average Bonchev–Trinajstić information content (AvgIpc) is 2.71. The fourth-order valence-electron chi connectivity index (χ4n) is 3.96. The van der Waals surface area contributed by atoms with Gasteiger partial charge in [-0.05, 0) is 29.1 Å². The Morgan fingerprint density at radius 2 is 1.80 bits per heavy atom. The van der Waals surface area contributed by atoms with E-state index in [2.05, 4.69) is 0 Å². The van der Waals surface area contributed by atoms with Crippen molar-refractivity contribution in [3.63, 3.8) is 0 Å². The Morgan fingerprint density at radius 1 is 1.03 bits per heavy atom. The summed E-state index contributed by atoms with van der Waals surface area (Å²) in [4.78, 5) is 28.2. The lowest BCUT2D eigenvalue weighted by Gasteiger charge is -2.40. The van der Waals surface area contributed by atoms with E-state index < -0.39 is 5.97 Å². The number of carboxylic acids is 1. The molecule has 5 nitrogen and oxygen atoms in total. The minimum absolute atomic E-state index is 0.0145. The number of benzene rings is 3. The van der Waals surface area contributed by atoms with Gasteiger partial charge in [0.25, 0.3) is 0 Å². The van der Waals surface area contributed by atoms with Gasteiger partial charge < -0.3 is 10.0 Å². The van der Waals surface area contributed by atoms with Gasteiger partial charge in [0.1, 0.15) is 0 Å². The number of hydrogen-bond donors (Lipinski definition) is 1. The van der Waals surface area contributed by atoms with Crippen LogP contribution >= 0.6 is 23.2 Å². The van der Waals surface area contributed by atoms with Crippen LogP contribution in [0, 0.1) is 5.92 Å². The SMILES string of the molecule is O=C(O)CC1CN(Cc2ccc(Cl)cc2Cl)C(=O)N(c2cccc3ccccc23)C1. The molecular weight excluding hydrogens is 423 g/mol. The first-order valence-electron chi connectivity index (χ1n) is 9.62. The standard InChI is InChI=1S/C23H20Cl2N2O3/c24-18-9-8-17(20(25)11-18)14-26-12-15(10-22(28)29)13-27(23(26)30)21-7-3-5-16-4-1-2-6-19(16)21/h1-9,11,15H,10,12-14H2,(H,28,29). The molecule has 0 spiro atoms. The van der Waals surface area contributed by atoms with Gasteiger partial charge >= 0.3 is 12.0 Å². The number of amides is 2. The number of aliphatic carboxylic acids is 1. The molecule has 1 aliphatic rings. The summed E-state index contributed by atoms with van der Waals surface area (Å²) in [5.41, 5.74) is 1.55. The number of carboxylic acid groups (broad SMARTS) is 1. The van der Waals surface area contributed by atoms with E-state index in [1.165, 1.54) is 0 Å². The third kappa shape index (κ3) is 4.23. The molecule has 0 aliphatic carbocycles. The molecule has 2 amide bonds. The van der Waals surface area contributed by atoms with Gasteiger partial charge in [-0.15, -0.1) is 0 Å². The second-order valence-corrected chi connectivity index (χ2v) is 8.32. The van der Waals surface area contributed by atoms with E-state index in [0.717, 1.165) is 22.0 Å². The highest BCUT2D eigenvalue weighted by Gasteiger charge is 2.34. The molecule has 0 bridgehead atoms. The van der Waals surface area contributed by atoms with Gasteiger partial charge in [-0.1, -0.05) is 65.7 Å². The molecule has 154 valence electrons. The summed E-state index contributed by atoms with van der Waals surface area (Å²) in [6, 6.07) is 18.6. The Labute approximate surface area is 184 Å². The Morgan fingerprint density at radius 3 is 2.57 bits per heavy atom. The lowest BCUT2D eigenvalue weighted by atomic mass is 9.99. The topological polar surface area (TPSA) is 60.9 Å². The van der Waals surface area contributed by atoms with E-state index in [1.807, 2.05) is 42.5 Å². The van der Waals surface area contributed by atoms with Crippen LogP contribution in [-0.2, 0) is 11.3 Å². The average molecular weight is 443 g/mol. The van der Waals surface area contributed by atoms with Crippen LogP contribution in [0.3, 0.4) is 0 Å². The van der Waals surface area contributed by atoms with Gasteiger partial charge in [-0.25, -0.2) is 4.79 Å². The monoisotopic (exact) mass is 442 g/mol. The largest absolute Gasteiger partial charge is 0.481 e. The molecule has 1 aliphatic heterocycles. The maximum atomic E-state index is 13.4. The highest BCUT2D eigenvalue weighted by atomic mass is 35.5. The van der Waals surface area contributed by atoms with Gasteiger partial charge in [0.2, 0.25) is 0 Å². The number of carbonyl (C=O) groups is 2. The Bertz CT molecular complexity index is 1110. The van der Waals surface area contributed by atoms with Crippen LogP contribution in [0.25, 0.3) is 10.8 Å². The Kier molecular flexibility index (Phi) is 5.84. The second-order valence-electron chi connectivity index (χ2n) is 7.47. The second kappa shape index (κ2) is 8.54. The molecule has 1 atom stereocenters. The van der Waals surface area contributed by atoms with Gasteiger partial charge in [0.15, 0.2) is 0 Å². The summed E-state index contributed by atoms with van der Waals surface area (Å²) in [6.07, 6.45) is -0.0145. The van der Waals surface area contributed by atoms with Crippen LogP contribution in [0.15, 0.2) is 60.7 Å². The molecule has 1 N–H and O–H groups in total. The summed E-state index contributed by atoms with van der Waals surface area (Å²) in [7, 11) is 0. The number of urea groups is 1. The molecule has 0 radical (unpaired) electrons. The number of hydrogen-bond acceptors (Lipinski definition) is 2. The zero-order valence-electron chi connectivity index (χ0n) is 16.1. The smallest absolute Gasteiger partial charge is 0.324 e. The molecule has 1 saturated heterocycles. The summed E-state index contributed by atoms with van der Waals surface area (Å²) < 4.78 is 0. The van der Waals surface area contributed by atoms with E-state index >= 15 is 0 Å². The van der Waals surface area contributed by atoms with E-state index in [-0.39, 0.29) is 24.9 Å². The van der Waals surface area contributed by atoms with Crippen molar-refractivity contribution in [2.24, 2.45) is 5.92 Å². The van der Waals surface area contributed by atoms with E-state index in [0.29, 0.717) is 23.1 Å². The molecule has 30 heavy (non-hydrogen) atoms. The lowest BCUT2D eigenvalue weighted by Crippen LogP contribution is -2.53. The number of anilines is 1. The first-order valence-corrected chi connectivity index (χ1v) is 10.4. The molecule has 1 fully saturated rings.